The maximum absolute atomic E-state index is 6.20. The smallest absolute Gasteiger partial charge is 0.0953 e. The molecule has 1 aromatic heterocycles. The second kappa shape index (κ2) is 5.34. The molecule has 2 rings (SSSR count). The molecule has 0 fully saturated rings. The number of hydrogen-bond acceptors (Lipinski definition) is 2. The lowest BCUT2D eigenvalue weighted by atomic mass is 10.1. The molecule has 0 atom stereocenters. The van der Waals surface area contributed by atoms with E-state index in [0.717, 1.165) is 29.4 Å². The molecule has 0 aliphatic carbocycles. The van der Waals surface area contributed by atoms with Crippen LogP contribution in [0.5, 0.6) is 0 Å². The van der Waals surface area contributed by atoms with Crippen LogP contribution in [0.4, 0.5) is 0 Å². The van der Waals surface area contributed by atoms with Crippen molar-refractivity contribution in [3.63, 3.8) is 0 Å². The summed E-state index contributed by atoms with van der Waals surface area (Å²) in [6.07, 6.45) is 3.87. The van der Waals surface area contributed by atoms with Gasteiger partial charge < -0.3 is 9.88 Å². The highest BCUT2D eigenvalue weighted by Crippen LogP contribution is 2.18. The molecular formula is C13H16ClN3. The third kappa shape index (κ3) is 3.08. The largest absolute Gasteiger partial charge is 0.333 e. The van der Waals surface area contributed by atoms with E-state index in [9.17, 15) is 0 Å². The molecule has 0 saturated heterocycles. The van der Waals surface area contributed by atoms with Crippen molar-refractivity contribution in [2.75, 3.05) is 7.05 Å². The lowest BCUT2D eigenvalue weighted by Crippen LogP contribution is -2.05. The molecule has 3 nitrogen and oxygen atoms in total. The van der Waals surface area contributed by atoms with E-state index in [-0.39, 0.29) is 0 Å². The Hall–Kier alpha value is -1.32. The second-order valence-corrected chi connectivity index (χ2v) is 4.57. The van der Waals surface area contributed by atoms with Crippen LogP contribution in [0.3, 0.4) is 0 Å². The fourth-order valence-electron chi connectivity index (χ4n) is 1.74. The van der Waals surface area contributed by atoms with Crippen molar-refractivity contribution in [2.45, 2.75) is 20.0 Å². The van der Waals surface area contributed by atoms with Crippen LogP contribution in [0.2, 0.25) is 5.02 Å². The van der Waals surface area contributed by atoms with E-state index < -0.39 is 0 Å². The van der Waals surface area contributed by atoms with Gasteiger partial charge in [-0.25, -0.2) is 4.98 Å². The molecule has 1 heterocycles. The van der Waals surface area contributed by atoms with Crippen LogP contribution in [0.15, 0.2) is 30.7 Å². The summed E-state index contributed by atoms with van der Waals surface area (Å²) < 4.78 is 2.04. The van der Waals surface area contributed by atoms with Crippen LogP contribution in [-0.4, -0.2) is 16.6 Å². The summed E-state index contributed by atoms with van der Waals surface area (Å²) in [6.45, 7) is 3.59. The first-order chi connectivity index (χ1) is 8.19. The zero-order valence-electron chi connectivity index (χ0n) is 10.1. The molecule has 0 aliphatic heterocycles. The van der Waals surface area contributed by atoms with Crippen molar-refractivity contribution < 1.29 is 0 Å². The summed E-state index contributed by atoms with van der Waals surface area (Å²) in [4.78, 5) is 4.31. The van der Waals surface area contributed by atoms with Crippen LogP contribution in [0.1, 0.15) is 16.8 Å². The minimum absolute atomic E-state index is 0.760. The van der Waals surface area contributed by atoms with E-state index in [4.69, 9.17) is 11.6 Å². The third-order valence-corrected chi connectivity index (χ3v) is 2.96. The van der Waals surface area contributed by atoms with Crippen molar-refractivity contribution in [3.05, 3.63) is 52.6 Å². The zero-order valence-corrected chi connectivity index (χ0v) is 10.8. The SMILES string of the molecule is CNCc1cn(Cc2ccc(C)cc2Cl)cn1. The van der Waals surface area contributed by atoms with Crippen molar-refractivity contribution in [1.29, 1.82) is 0 Å². The predicted octanol–water partition coefficient (Wildman–Crippen LogP) is 2.61. The molecule has 1 aromatic carbocycles. The fraction of sp³-hybridized carbons (Fsp3) is 0.308. The Morgan fingerprint density at radius 1 is 1.41 bits per heavy atom. The number of benzene rings is 1. The number of hydrogen-bond donors (Lipinski definition) is 1. The van der Waals surface area contributed by atoms with E-state index in [1.807, 2.05) is 37.1 Å². The second-order valence-electron chi connectivity index (χ2n) is 4.16. The van der Waals surface area contributed by atoms with E-state index in [1.54, 1.807) is 0 Å². The molecule has 2 aromatic rings. The summed E-state index contributed by atoms with van der Waals surface area (Å²) in [7, 11) is 1.91. The summed E-state index contributed by atoms with van der Waals surface area (Å²) >= 11 is 6.20. The Kier molecular flexibility index (Phi) is 3.82. The van der Waals surface area contributed by atoms with Crippen LogP contribution in [0.25, 0.3) is 0 Å². The normalized spacial score (nSPS) is 10.8. The van der Waals surface area contributed by atoms with Gasteiger partial charge in [0.15, 0.2) is 0 Å². The summed E-state index contributed by atoms with van der Waals surface area (Å²) in [5.41, 5.74) is 3.33. The summed E-state index contributed by atoms with van der Waals surface area (Å²) in [5, 5.41) is 3.89. The van der Waals surface area contributed by atoms with Gasteiger partial charge in [0.05, 0.1) is 12.0 Å². The minimum atomic E-state index is 0.760. The molecule has 0 spiro atoms. The van der Waals surface area contributed by atoms with Gasteiger partial charge in [-0.15, -0.1) is 0 Å². The minimum Gasteiger partial charge on any atom is -0.333 e. The van der Waals surface area contributed by atoms with Gasteiger partial charge in [-0.05, 0) is 31.2 Å². The Bertz CT molecular complexity index is 505. The number of halogens is 1. The van der Waals surface area contributed by atoms with Gasteiger partial charge in [0.2, 0.25) is 0 Å². The predicted molar refractivity (Wildman–Crippen MR) is 70.3 cm³/mol. The molecule has 4 heteroatoms. The Balaban J connectivity index is 2.13. The third-order valence-electron chi connectivity index (χ3n) is 2.61. The van der Waals surface area contributed by atoms with Gasteiger partial charge in [-0.3, -0.25) is 0 Å². The van der Waals surface area contributed by atoms with Gasteiger partial charge >= 0.3 is 0 Å². The van der Waals surface area contributed by atoms with Gasteiger partial charge in [0.25, 0.3) is 0 Å². The standard InChI is InChI=1S/C13H16ClN3/c1-10-3-4-11(13(14)5-10)7-17-8-12(6-15-2)16-9-17/h3-5,8-9,15H,6-7H2,1-2H3. The molecule has 0 bridgehead atoms. The highest BCUT2D eigenvalue weighted by atomic mass is 35.5. The van der Waals surface area contributed by atoms with Gasteiger partial charge in [0.1, 0.15) is 0 Å². The fourth-order valence-corrected chi connectivity index (χ4v) is 2.04. The Morgan fingerprint density at radius 2 is 2.24 bits per heavy atom. The van der Waals surface area contributed by atoms with E-state index in [0.29, 0.717) is 0 Å². The number of imidazole rings is 1. The van der Waals surface area contributed by atoms with Gasteiger partial charge in [0, 0.05) is 24.3 Å². The van der Waals surface area contributed by atoms with Crippen molar-refractivity contribution in [2.24, 2.45) is 0 Å². The van der Waals surface area contributed by atoms with E-state index in [1.165, 1.54) is 5.56 Å². The lowest BCUT2D eigenvalue weighted by Gasteiger charge is -2.05. The van der Waals surface area contributed by atoms with E-state index in [2.05, 4.69) is 22.4 Å². The van der Waals surface area contributed by atoms with Crippen molar-refractivity contribution in [3.8, 4) is 0 Å². The number of aromatic nitrogens is 2. The Morgan fingerprint density at radius 3 is 2.94 bits per heavy atom. The monoisotopic (exact) mass is 249 g/mol. The van der Waals surface area contributed by atoms with Crippen LogP contribution >= 0.6 is 11.6 Å². The zero-order chi connectivity index (χ0) is 12.3. The van der Waals surface area contributed by atoms with Crippen LogP contribution in [0, 0.1) is 6.92 Å². The quantitative estimate of drug-likeness (QED) is 0.903. The molecule has 0 aliphatic rings. The maximum Gasteiger partial charge on any atom is 0.0953 e. The van der Waals surface area contributed by atoms with E-state index >= 15 is 0 Å². The number of rotatable bonds is 4. The van der Waals surface area contributed by atoms with Crippen molar-refractivity contribution >= 4 is 11.6 Å². The van der Waals surface area contributed by atoms with Gasteiger partial charge in [-0.1, -0.05) is 23.7 Å². The highest BCUT2D eigenvalue weighted by molar-refractivity contribution is 6.31. The molecule has 0 amide bonds. The summed E-state index contributed by atoms with van der Waals surface area (Å²) in [6, 6.07) is 6.13. The van der Waals surface area contributed by atoms with Crippen LogP contribution in [-0.2, 0) is 13.1 Å². The molecule has 17 heavy (non-hydrogen) atoms. The molecule has 0 saturated carbocycles. The number of nitrogens with one attached hydrogen (secondary N) is 1. The molecule has 90 valence electrons. The Labute approximate surface area is 106 Å². The topological polar surface area (TPSA) is 29.9 Å². The number of nitrogens with zero attached hydrogens (tertiary/aromatic N) is 2. The number of aryl methyl sites for hydroxylation is 1. The molecule has 1 N–H and O–H groups in total. The van der Waals surface area contributed by atoms with Crippen molar-refractivity contribution in [1.82, 2.24) is 14.9 Å². The molecule has 0 radical (unpaired) electrons. The van der Waals surface area contributed by atoms with Crippen LogP contribution < -0.4 is 5.32 Å². The van der Waals surface area contributed by atoms with Gasteiger partial charge in [-0.2, -0.15) is 0 Å². The first-order valence-corrected chi connectivity index (χ1v) is 5.97. The maximum atomic E-state index is 6.20. The highest BCUT2D eigenvalue weighted by Gasteiger charge is 2.03. The lowest BCUT2D eigenvalue weighted by molar-refractivity contribution is 0.782. The molecular weight excluding hydrogens is 234 g/mol. The summed E-state index contributed by atoms with van der Waals surface area (Å²) in [5.74, 6) is 0. The average Bonchev–Trinajstić information content (AvgIpc) is 2.71. The first-order valence-electron chi connectivity index (χ1n) is 5.59. The first kappa shape index (κ1) is 12.1. The average molecular weight is 250 g/mol. The molecule has 0 unspecified atom stereocenters.